The number of pyridine rings is 1. The van der Waals surface area contributed by atoms with Gasteiger partial charge in [-0.1, -0.05) is 24.3 Å². The number of rotatable bonds is 5. The Morgan fingerprint density at radius 2 is 1.90 bits per heavy atom. The molecule has 0 aliphatic heterocycles. The first-order valence-corrected chi connectivity index (χ1v) is 9.16. The number of hydrogen-bond acceptors (Lipinski definition) is 6. The fourth-order valence-corrected chi connectivity index (χ4v) is 3.16. The van der Waals surface area contributed by atoms with E-state index in [-0.39, 0.29) is 24.7 Å². The zero-order chi connectivity index (χ0) is 20.4. The number of phenols is 2. The molecule has 0 saturated carbocycles. The van der Waals surface area contributed by atoms with Crippen molar-refractivity contribution in [3.8, 4) is 34.0 Å². The molecule has 2 N–H and O–H groups in total. The lowest BCUT2D eigenvalue weighted by atomic mass is 10.0. The molecular weight excluding hydrogens is 370 g/mol. The lowest BCUT2D eigenvalue weighted by Gasteiger charge is -2.06. The van der Waals surface area contributed by atoms with Gasteiger partial charge in [-0.2, -0.15) is 5.10 Å². The normalized spacial score (nSPS) is 10.9. The number of nitrogens with zero attached hydrogens (tertiary/aromatic N) is 3. The predicted octanol–water partition coefficient (Wildman–Crippen LogP) is 3.74. The minimum Gasteiger partial charge on any atom is -0.508 e. The van der Waals surface area contributed by atoms with Crippen molar-refractivity contribution in [3.63, 3.8) is 0 Å². The summed E-state index contributed by atoms with van der Waals surface area (Å²) in [5.41, 5.74) is 3.01. The molecule has 0 bridgehead atoms. The summed E-state index contributed by atoms with van der Waals surface area (Å²) in [4.78, 5) is 16.6. The highest BCUT2D eigenvalue weighted by Crippen LogP contribution is 2.37. The molecule has 29 heavy (non-hydrogen) atoms. The van der Waals surface area contributed by atoms with E-state index in [2.05, 4.69) is 5.10 Å². The van der Waals surface area contributed by atoms with Gasteiger partial charge < -0.3 is 14.9 Å². The Labute approximate surface area is 166 Å². The van der Waals surface area contributed by atoms with Gasteiger partial charge in [0.25, 0.3) is 0 Å². The van der Waals surface area contributed by atoms with Gasteiger partial charge in [-0.25, -0.2) is 4.98 Å². The van der Waals surface area contributed by atoms with Crippen LogP contribution < -0.4 is 0 Å². The standard InChI is InChI=1S/C22H19N3O4/c1-2-29-21(28)13-25-12-17(19-10-7-14-5-3-4-6-18(14)23-19)22(24-25)16-9-8-15(26)11-20(16)27/h3-12,26-27H,2,13H2,1H3. The molecule has 0 amide bonds. The largest absolute Gasteiger partial charge is 0.508 e. The Bertz CT molecular complexity index is 1200. The summed E-state index contributed by atoms with van der Waals surface area (Å²) in [7, 11) is 0. The third kappa shape index (κ3) is 3.75. The van der Waals surface area contributed by atoms with Gasteiger partial charge in [0.1, 0.15) is 23.7 Å². The highest BCUT2D eigenvalue weighted by Gasteiger charge is 2.19. The van der Waals surface area contributed by atoms with Gasteiger partial charge in [-0.05, 0) is 31.2 Å². The molecule has 7 heteroatoms. The molecule has 0 atom stereocenters. The Balaban J connectivity index is 1.85. The van der Waals surface area contributed by atoms with Crippen LogP contribution in [0.15, 0.2) is 60.8 Å². The molecule has 2 aromatic carbocycles. The number of para-hydroxylation sites is 1. The van der Waals surface area contributed by atoms with Crippen LogP contribution in [0.5, 0.6) is 11.5 Å². The second kappa shape index (κ2) is 7.63. The number of carbonyl (C=O) groups is 1. The summed E-state index contributed by atoms with van der Waals surface area (Å²) in [6.07, 6.45) is 1.70. The lowest BCUT2D eigenvalue weighted by molar-refractivity contribution is -0.144. The molecule has 0 fully saturated rings. The van der Waals surface area contributed by atoms with Crippen LogP contribution in [0.3, 0.4) is 0 Å². The minimum atomic E-state index is -0.408. The quantitative estimate of drug-likeness (QED) is 0.505. The first kappa shape index (κ1) is 18.5. The van der Waals surface area contributed by atoms with Gasteiger partial charge in [0.2, 0.25) is 0 Å². The molecule has 4 rings (SSSR count). The molecule has 4 aromatic rings. The van der Waals surface area contributed by atoms with Crippen molar-refractivity contribution in [2.75, 3.05) is 6.61 Å². The Morgan fingerprint density at radius 3 is 2.69 bits per heavy atom. The Morgan fingerprint density at radius 1 is 1.07 bits per heavy atom. The van der Waals surface area contributed by atoms with E-state index < -0.39 is 5.97 Å². The third-order valence-electron chi connectivity index (χ3n) is 4.47. The molecule has 2 heterocycles. The van der Waals surface area contributed by atoms with Crippen LogP contribution in [-0.4, -0.2) is 37.6 Å². The number of hydrogen-bond donors (Lipinski definition) is 2. The molecule has 0 spiro atoms. The van der Waals surface area contributed by atoms with Crippen LogP contribution in [0.4, 0.5) is 0 Å². The summed E-state index contributed by atoms with van der Waals surface area (Å²) >= 11 is 0. The first-order chi connectivity index (χ1) is 14.0. The van der Waals surface area contributed by atoms with Crippen molar-refractivity contribution in [1.29, 1.82) is 0 Å². The minimum absolute atomic E-state index is 0.0532. The van der Waals surface area contributed by atoms with Gasteiger partial charge in [0.05, 0.1) is 17.8 Å². The molecular formula is C22H19N3O4. The maximum atomic E-state index is 11.9. The summed E-state index contributed by atoms with van der Waals surface area (Å²) in [6, 6.07) is 15.9. The van der Waals surface area contributed by atoms with Gasteiger partial charge >= 0.3 is 5.97 Å². The second-order valence-electron chi connectivity index (χ2n) is 6.48. The topological polar surface area (TPSA) is 97.5 Å². The van der Waals surface area contributed by atoms with Crippen molar-refractivity contribution < 1.29 is 19.7 Å². The number of benzene rings is 2. The van der Waals surface area contributed by atoms with Crippen molar-refractivity contribution in [2.45, 2.75) is 13.5 Å². The number of aromatic nitrogens is 3. The molecule has 2 aromatic heterocycles. The van der Waals surface area contributed by atoms with E-state index in [1.807, 2.05) is 36.4 Å². The summed E-state index contributed by atoms with van der Waals surface area (Å²) in [5.74, 6) is -0.578. The number of fused-ring (bicyclic) bond motifs is 1. The van der Waals surface area contributed by atoms with E-state index in [4.69, 9.17) is 9.72 Å². The Kier molecular flexibility index (Phi) is 4.87. The second-order valence-corrected chi connectivity index (χ2v) is 6.48. The van der Waals surface area contributed by atoms with E-state index in [0.717, 1.165) is 10.9 Å². The summed E-state index contributed by atoms with van der Waals surface area (Å²) < 4.78 is 6.47. The first-order valence-electron chi connectivity index (χ1n) is 9.16. The van der Waals surface area contributed by atoms with Crippen molar-refractivity contribution >= 4 is 16.9 Å². The van der Waals surface area contributed by atoms with Gasteiger partial charge in [0.15, 0.2) is 0 Å². The van der Waals surface area contributed by atoms with E-state index in [9.17, 15) is 15.0 Å². The highest BCUT2D eigenvalue weighted by molar-refractivity contribution is 5.86. The lowest BCUT2D eigenvalue weighted by Crippen LogP contribution is -2.13. The fraction of sp³-hybridized carbons (Fsp3) is 0.136. The summed E-state index contributed by atoms with van der Waals surface area (Å²) in [6.45, 7) is 1.96. The average molecular weight is 389 g/mol. The highest BCUT2D eigenvalue weighted by atomic mass is 16.5. The van der Waals surface area contributed by atoms with Crippen LogP contribution in [0, 0.1) is 0 Å². The molecule has 0 radical (unpaired) electrons. The molecule has 0 saturated heterocycles. The molecule has 0 aliphatic carbocycles. The van der Waals surface area contributed by atoms with Crippen LogP contribution in [0.25, 0.3) is 33.4 Å². The number of phenolic OH excluding ortho intramolecular Hbond substituents is 2. The molecule has 7 nitrogen and oxygen atoms in total. The monoisotopic (exact) mass is 389 g/mol. The molecule has 146 valence electrons. The van der Waals surface area contributed by atoms with E-state index in [1.165, 1.54) is 16.8 Å². The van der Waals surface area contributed by atoms with Crippen LogP contribution in [-0.2, 0) is 16.1 Å². The van der Waals surface area contributed by atoms with Crippen molar-refractivity contribution in [3.05, 3.63) is 60.8 Å². The van der Waals surface area contributed by atoms with Crippen LogP contribution >= 0.6 is 0 Å². The van der Waals surface area contributed by atoms with Gasteiger partial charge in [-0.3, -0.25) is 9.48 Å². The predicted molar refractivity (Wildman–Crippen MR) is 108 cm³/mol. The fourth-order valence-electron chi connectivity index (χ4n) is 3.16. The number of ether oxygens (including phenoxy) is 1. The maximum Gasteiger partial charge on any atom is 0.327 e. The molecule has 0 aliphatic rings. The van der Waals surface area contributed by atoms with Gasteiger partial charge in [0, 0.05) is 28.8 Å². The Hall–Kier alpha value is -3.87. The maximum absolute atomic E-state index is 11.9. The average Bonchev–Trinajstić information content (AvgIpc) is 3.11. The van der Waals surface area contributed by atoms with E-state index >= 15 is 0 Å². The smallest absolute Gasteiger partial charge is 0.327 e. The van der Waals surface area contributed by atoms with E-state index in [0.29, 0.717) is 22.5 Å². The third-order valence-corrected chi connectivity index (χ3v) is 4.47. The van der Waals surface area contributed by atoms with Crippen molar-refractivity contribution in [1.82, 2.24) is 14.8 Å². The number of carbonyl (C=O) groups excluding carboxylic acids is 1. The van der Waals surface area contributed by atoms with Gasteiger partial charge in [-0.15, -0.1) is 0 Å². The van der Waals surface area contributed by atoms with E-state index in [1.54, 1.807) is 19.2 Å². The zero-order valence-corrected chi connectivity index (χ0v) is 15.7. The van der Waals surface area contributed by atoms with Crippen LogP contribution in [0.2, 0.25) is 0 Å². The van der Waals surface area contributed by atoms with Crippen molar-refractivity contribution in [2.24, 2.45) is 0 Å². The number of esters is 1. The zero-order valence-electron chi connectivity index (χ0n) is 15.7. The number of aromatic hydroxyl groups is 2. The molecule has 0 unspecified atom stereocenters. The van der Waals surface area contributed by atoms with Crippen LogP contribution in [0.1, 0.15) is 6.92 Å². The SMILES string of the molecule is CCOC(=O)Cn1cc(-c2ccc3ccccc3n2)c(-c2ccc(O)cc2O)n1. The summed E-state index contributed by atoms with van der Waals surface area (Å²) in [5, 5.41) is 25.4.